The zero-order valence-corrected chi connectivity index (χ0v) is 42.9. The van der Waals surface area contributed by atoms with Crippen LogP contribution in [0.4, 0.5) is 9.59 Å². The molecule has 3 N–H and O–H groups in total. The van der Waals surface area contributed by atoms with Crippen LogP contribution < -0.4 is 14.8 Å². The van der Waals surface area contributed by atoms with E-state index in [1.807, 2.05) is 62.9 Å². The Labute approximate surface area is 418 Å². The van der Waals surface area contributed by atoms with Gasteiger partial charge in [-0.25, -0.2) is 9.59 Å². The molecule has 2 amide bonds. The van der Waals surface area contributed by atoms with Gasteiger partial charge in [-0.1, -0.05) is 137 Å². The highest BCUT2D eigenvalue weighted by Gasteiger charge is 2.66. The number of amides is 2. The number of carbonyl (C=O) groups is 2. The normalized spacial score (nSPS) is 22.1. The fraction of sp³-hybridized carbons (Fsp3) is 0.603. The van der Waals surface area contributed by atoms with Crippen molar-refractivity contribution in [2.45, 2.75) is 174 Å². The smallest absolute Gasteiger partial charge is 0.412 e. The minimum absolute atomic E-state index is 0.00795. The largest absolute Gasteiger partial charge is 0.459 e. The maximum absolute atomic E-state index is 15.3. The van der Waals surface area contributed by atoms with Gasteiger partial charge in [0.1, 0.15) is 23.1 Å². The number of fused-ring (bicyclic) bond motifs is 3. The van der Waals surface area contributed by atoms with E-state index in [0.29, 0.717) is 36.6 Å². The van der Waals surface area contributed by atoms with Crippen LogP contribution in [0, 0.1) is 17.8 Å². The number of benzene rings is 3. The topological polar surface area (TPSA) is 148 Å². The van der Waals surface area contributed by atoms with Gasteiger partial charge in [0.25, 0.3) is 0 Å². The van der Waals surface area contributed by atoms with E-state index < -0.39 is 35.5 Å². The van der Waals surface area contributed by atoms with Crippen molar-refractivity contribution in [1.82, 2.24) is 10.2 Å². The quantitative estimate of drug-likeness (QED) is 0.0367. The Morgan fingerprint density at radius 3 is 2.29 bits per heavy atom. The van der Waals surface area contributed by atoms with Crippen molar-refractivity contribution in [1.29, 1.82) is 0 Å². The summed E-state index contributed by atoms with van der Waals surface area (Å²) in [5, 5.41) is 29.9. The lowest BCUT2D eigenvalue weighted by molar-refractivity contribution is -0.256. The highest BCUT2D eigenvalue weighted by Crippen LogP contribution is 2.62. The van der Waals surface area contributed by atoms with Gasteiger partial charge >= 0.3 is 12.2 Å². The molecule has 0 bridgehead atoms. The number of ether oxygens (including phenoxy) is 4. The molecule has 3 aliphatic rings. The second kappa shape index (κ2) is 27.1. The first kappa shape index (κ1) is 54.4. The molecule has 12 nitrogen and oxygen atoms in total. The molecule has 1 fully saturated rings. The van der Waals surface area contributed by atoms with E-state index in [0.717, 1.165) is 72.4 Å². The van der Waals surface area contributed by atoms with Crippen molar-refractivity contribution in [2.75, 3.05) is 33.0 Å². The number of aliphatic hydroxyl groups excluding tert-OH is 2. The molecule has 0 saturated heterocycles. The van der Waals surface area contributed by atoms with Crippen LogP contribution >= 0.6 is 0 Å². The number of aliphatic hydroxyl groups is 2. The van der Waals surface area contributed by atoms with Crippen molar-refractivity contribution in [3.05, 3.63) is 96.1 Å². The van der Waals surface area contributed by atoms with Crippen LogP contribution in [0.25, 0.3) is 10.8 Å². The predicted molar refractivity (Wildman–Crippen MR) is 278 cm³/mol. The van der Waals surface area contributed by atoms with Crippen molar-refractivity contribution < 1.29 is 43.6 Å². The highest BCUT2D eigenvalue weighted by molar-refractivity contribution is 6.03. The van der Waals surface area contributed by atoms with Gasteiger partial charge in [-0.2, -0.15) is 0 Å². The zero-order chi connectivity index (χ0) is 49.9. The van der Waals surface area contributed by atoms with Crippen LogP contribution in [0.5, 0.6) is 11.5 Å². The van der Waals surface area contributed by atoms with Crippen LogP contribution in [0.1, 0.15) is 161 Å². The van der Waals surface area contributed by atoms with Crippen LogP contribution in [-0.2, 0) is 20.9 Å². The second-order valence-electron chi connectivity index (χ2n) is 20.5. The average molecular weight is 966 g/mol. The molecule has 384 valence electrons. The van der Waals surface area contributed by atoms with Gasteiger partial charge in [-0.05, 0) is 112 Å². The summed E-state index contributed by atoms with van der Waals surface area (Å²) in [7, 11) is 0. The van der Waals surface area contributed by atoms with Gasteiger partial charge in [-0.15, -0.1) is 6.58 Å². The third kappa shape index (κ3) is 14.2. The molecule has 6 rings (SSSR count). The molecule has 0 radical (unpaired) electrons. The number of allylic oxidation sites excluding steroid dienone is 1. The van der Waals surface area contributed by atoms with E-state index >= 15 is 4.79 Å². The molecule has 0 spiro atoms. The first-order valence-corrected chi connectivity index (χ1v) is 26.6. The summed E-state index contributed by atoms with van der Waals surface area (Å²) in [6.07, 6.45) is 19.4. The van der Waals surface area contributed by atoms with Crippen LogP contribution in [0.15, 0.2) is 90.1 Å². The fourth-order valence-corrected chi connectivity index (χ4v) is 10.9. The van der Waals surface area contributed by atoms with E-state index in [1.165, 1.54) is 44.9 Å². The molecule has 1 heterocycles. The van der Waals surface area contributed by atoms with Gasteiger partial charge in [0, 0.05) is 37.7 Å². The Morgan fingerprint density at radius 2 is 1.59 bits per heavy atom. The average Bonchev–Trinajstić information content (AvgIpc) is 3.34. The highest BCUT2D eigenvalue weighted by atomic mass is 16.7. The number of nitrogens with zero attached hydrogens (tertiary/aromatic N) is 2. The zero-order valence-electron chi connectivity index (χ0n) is 42.9. The number of hydrogen-bond donors (Lipinski definition) is 3. The van der Waals surface area contributed by atoms with Gasteiger partial charge in [0.05, 0.1) is 31.4 Å². The first-order valence-electron chi connectivity index (χ1n) is 26.6. The number of nitrogens with one attached hydrogen (secondary N) is 1. The monoisotopic (exact) mass is 966 g/mol. The Hall–Kier alpha value is -4.91. The van der Waals surface area contributed by atoms with Gasteiger partial charge < -0.3 is 39.3 Å². The summed E-state index contributed by atoms with van der Waals surface area (Å²) in [6.45, 7) is 15.3. The van der Waals surface area contributed by atoms with Gasteiger partial charge in [-0.3, -0.25) is 4.90 Å². The Bertz CT molecular complexity index is 2200. The maximum atomic E-state index is 15.3. The minimum atomic E-state index is -1.49. The van der Waals surface area contributed by atoms with E-state index in [4.69, 9.17) is 28.9 Å². The summed E-state index contributed by atoms with van der Waals surface area (Å²) >= 11 is 0. The molecule has 2 aliphatic carbocycles. The van der Waals surface area contributed by atoms with E-state index in [2.05, 4.69) is 49.2 Å². The molecule has 1 aliphatic heterocycles. The molecular formula is C58H83N3O9. The van der Waals surface area contributed by atoms with Crippen molar-refractivity contribution in [2.24, 2.45) is 22.9 Å². The van der Waals surface area contributed by atoms with Crippen LogP contribution in [0.3, 0.4) is 0 Å². The Kier molecular flexibility index (Phi) is 21.0. The van der Waals surface area contributed by atoms with E-state index in [1.54, 1.807) is 12.1 Å². The summed E-state index contributed by atoms with van der Waals surface area (Å²) in [5.74, 6) is -1.37. The van der Waals surface area contributed by atoms with Crippen molar-refractivity contribution >= 4 is 28.7 Å². The van der Waals surface area contributed by atoms with Gasteiger partial charge in [0.2, 0.25) is 5.79 Å². The Morgan fingerprint density at radius 1 is 0.886 bits per heavy atom. The standard InChI is InChI=1S/C58H83N3O9/c1-7-10-11-12-13-14-15-16-17-24-37-66-56(65)61(41-44-29-25-28-42-26-18-19-30-46(42)44)52-40-50(60-70-57(4,5)6)48-38-43(27-20-22-34-62)47(31-21-23-35-63)53-49-39-45(68-55(64)59-9-3)32-33-51(49)69-58(52,54(48)53)67-36-8-2/h8,18-19,25-26,28-30,32-33,38-39,43,47,52-54,62-63H,2,7,9-17,20-24,27,31,34-37,40-41H2,1,3-6H3,(H,59,64)/t43-,47+,52-,53+,54+,58+/m0/s1. The number of hydrogen-bond acceptors (Lipinski definition) is 10. The number of carbonyl (C=O) groups excluding carboxylic acids is 2. The number of rotatable bonds is 28. The predicted octanol–water partition coefficient (Wildman–Crippen LogP) is 12.9. The first-order chi connectivity index (χ1) is 34.0. The van der Waals surface area contributed by atoms with Crippen LogP contribution in [0.2, 0.25) is 0 Å². The fourth-order valence-electron chi connectivity index (χ4n) is 10.9. The second-order valence-corrected chi connectivity index (χ2v) is 20.5. The van der Waals surface area contributed by atoms with E-state index in [-0.39, 0.29) is 57.1 Å². The molecular weight excluding hydrogens is 883 g/mol. The summed E-state index contributed by atoms with van der Waals surface area (Å²) in [5.41, 5.74) is 2.80. The lowest BCUT2D eigenvalue weighted by atomic mass is 9.55. The van der Waals surface area contributed by atoms with Crippen LogP contribution in [-0.4, -0.2) is 83.4 Å². The molecule has 12 heteroatoms. The molecule has 3 aromatic carbocycles. The summed E-state index contributed by atoms with van der Waals surface area (Å²) < 4.78 is 26.9. The molecule has 0 unspecified atom stereocenters. The van der Waals surface area contributed by atoms with Crippen molar-refractivity contribution in [3.63, 3.8) is 0 Å². The van der Waals surface area contributed by atoms with Crippen molar-refractivity contribution in [3.8, 4) is 11.5 Å². The molecule has 1 saturated carbocycles. The molecule has 3 aromatic rings. The third-order valence-electron chi connectivity index (χ3n) is 14.2. The van der Waals surface area contributed by atoms with E-state index in [9.17, 15) is 15.0 Å². The third-order valence-corrected chi connectivity index (χ3v) is 14.2. The summed E-state index contributed by atoms with van der Waals surface area (Å²) in [4.78, 5) is 36.3. The minimum Gasteiger partial charge on any atom is -0.459 e. The lowest BCUT2D eigenvalue weighted by Crippen LogP contribution is -2.70. The molecule has 0 aromatic heterocycles. The molecule has 70 heavy (non-hydrogen) atoms. The maximum Gasteiger partial charge on any atom is 0.412 e. The SMILES string of the molecule is C=CCO[C@@]12Oc3ccc(OC(=O)NCC)cc3[C@H]3[C@H](CCCCO)[C@@H](CCCCO)C=C(C(=NOC(C)(C)C)C[C@@H]1N(Cc1cccc4ccccc14)C(=O)OCCCCCCCCCCCC)[C@H]32. The summed E-state index contributed by atoms with van der Waals surface area (Å²) in [6, 6.07) is 19.1. The molecule has 6 atom stereocenters. The van der Waals surface area contributed by atoms with Gasteiger partial charge in [0.15, 0.2) is 0 Å². The number of unbranched alkanes of at least 4 members (excludes halogenated alkanes) is 11. The Balaban J connectivity index is 1.50. The number of oxime groups is 1. The lowest BCUT2D eigenvalue weighted by Gasteiger charge is -2.60.